The van der Waals surface area contributed by atoms with Crippen LogP contribution in [-0.2, 0) is 0 Å². The summed E-state index contributed by atoms with van der Waals surface area (Å²) in [4.78, 5) is 2.07. The highest BCUT2D eigenvalue weighted by Gasteiger charge is 1.84. The zero-order valence-corrected chi connectivity index (χ0v) is 4.94. The normalized spacial score (nSPS) is 10.3. The summed E-state index contributed by atoms with van der Waals surface area (Å²) in [5.41, 5.74) is 5.00. The first kappa shape index (κ1) is 6.92. The minimum absolute atomic E-state index is 0.854. The van der Waals surface area contributed by atoms with Crippen molar-refractivity contribution in [1.29, 1.82) is 0 Å². The van der Waals surface area contributed by atoms with E-state index in [4.69, 9.17) is 5.73 Å². The summed E-state index contributed by atoms with van der Waals surface area (Å²) in [5, 5.41) is 0. The van der Waals surface area contributed by atoms with E-state index >= 15 is 0 Å². The lowest BCUT2D eigenvalue weighted by Crippen LogP contribution is -2.14. The molecule has 0 aliphatic rings. The Morgan fingerprint density at radius 1 is 1.57 bits per heavy atom. The van der Waals surface area contributed by atoms with Crippen LogP contribution in [0.3, 0.4) is 0 Å². The molecule has 0 aliphatic heterocycles. The van der Waals surface area contributed by atoms with Crippen molar-refractivity contribution in [3.63, 3.8) is 0 Å². The molecule has 42 valence electrons. The highest BCUT2D eigenvalue weighted by atomic mass is 15.0. The van der Waals surface area contributed by atoms with Crippen molar-refractivity contribution >= 4 is 0 Å². The maximum Gasteiger partial charge on any atom is 0.0570 e. The van der Waals surface area contributed by atoms with Crippen LogP contribution in [0.15, 0.2) is 0 Å². The van der Waals surface area contributed by atoms with E-state index in [2.05, 4.69) is 11.4 Å². The molecule has 0 unspecified atom stereocenters. The molecule has 2 N–H and O–H groups in total. The van der Waals surface area contributed by atoms with Gasteiger partial charge in [-0.15, -0.1) is 0 Å². The molecular weight excluding hydrogens is 88.1 g/mol. The third-order valence-electron chi connectivity index (χ3n) is 0.703. The SMILES string of the molecule is CN(C)CC[C]N. The topological polar surface area (TPSA) is 29.3 Å². The summed E-state index contributed by atoms with van der Waals surface area (Å²) in [7, 11) is 4.02. The Hall–Kier alpha value is -0.0800. The number of hydrogen-bond acceptors (Lipinski definition) is 2. The van der Waals surface area contributed by atoms with Crippen LogP contribution in [0.5, 0.6) is 0 Å². The Bertz CT molecular complexity index is 35.1. The van der Waals surface area contributed by atoms with Crippen molar-refractivity contribution in [2.75, 3.05) is 20.6 Å². The second kappa shape index (κ2) is 4.09. The van der Waals surface area contributed by atoms with Gasteiger partial charge in [-0.1, -0.05) is 0 Å². The summed E-state index contributed by atoms with van der Waals surface area (Å²) in [6.45, 7) is 3.55. The Labute approximate surface area is 45.3 Å². The van der Waals surface area contributed by atoms with Gasteiger partial charge in [0.15, 0.2) is 0 Å². The van der Waals surface area contributed by atoms with Crippen LogP contribution >= 0.6 is 0 Å². The first-order valence-electron chi connectivity index (χ1n) is 2.35. The van der Waals surface area contributed by atoms with E-state index in [0.29, 0.717) is 0 Å². The van der Waals surface area contributed by atoms with Crippen LogP contribution in [0.2, 0.25) is 0 Å². The fraction of sp³-hybridized carbons (Fsp3) is 0.800. The van der Waals surface area contributed by atoms with Crippen molar-refractivity contribution in [3.8, 4) is 0 Å². The Morgan fingerprint density at radius 2 is 2.14 bits per heavy atom. The highest BCUT2D eigenvalue weighted by molar-refractivity contribution is 4.54. The smallest absolute Gasteiger partial charge is 0.0570 e. The van der Waals surface area contributed by atoms with Crippen LogP contribution in [0.4, 0.5) is 0 Å². The second-order valence-corrected chi connectivity index (χ2v) is 1.76. The molecule has 0 saturated heterocycles. The molecule has 0 atom stereocenters. The van der Waals surface area contributed by atoms with Crippen molar-refractivity contribution in [2.45, 2.75) is 6.42 Å². The molecule has 0 aromatic heterocycles. The number of rotatable bonds is 3. The van der Waals surface area contributed by atoms with Crippen LogP contribution < -0.4 is 5.73 Å². The van der Waals surface area contributed by atoms with Gasteiger partial charge in [0.2, 0.25) is 0 Å². The van der Waals surface area contributed by atoms with Gasteiger partial charge >= 0.3 is 0 Å². The number of hydrogen-bond donors (Lipinski definition) is 1. The molecule has 0 spiro atoms. The van der Waals surface area contributed by atoms with Crippen LogP contribution in [0.25, 0.3) is 0 Å². The number of nitrogens with zero attached hydrogens (tertiary/aromatic N) is 1. The molecule has 0 saturated carbocycles. The molecule has 2 nitrogen and oxygen atoms in total. The van der Waals surface area contributed by atoms with Crippen LogP contribution in [-0.4, -0.2) is 25.5 Å². The zero-order valence-electron chi connectivity index (χ0n) is 4.94. The molecule has 0 amide bonds. The quantitative estimate of drug-likeness (QED) is 0.503. The van der Waals surface area contributed by atoms with Gasteiger partial charge in [-0.2, -0.15) is 0 Å². The molecule has 2 radical (unpaired) electrons. The van der Waals surface area contributed by atoms with E-state index in [1.807, 2.05) is 14.1 Å². The molecule has 2 heteroatoms. The molecule has 0 aliphatic carbocycles. The first-order chi connectivity index (χ1) is 3.27. The summed E-state index contributed by atoms with van der Waals surface area (Å²) >= 11 is 0. The van der Waals surface area contributed by atoms with Gasteiger partial charge in [-0.25, -0.2) is 0 Å². The van der Waals surface area contributed by atoms with Crippen molar-refractivity contribution in [1.82, 2.24) is 4.90 Å². The van der Waals surface area contributed by atoms with E-state index in [1.54, 1.807) is 0 Å². The van der Waals surface area contributed by atoms with Gasteiger partial charge in [-0.3, -0.25) is 0 Å². The summed E-state index contributed by atoms with van der Waals surface area (Å²) in [5.74, 6) is 0. The van der Waals surface area contributed by atoms with E-state index in [1.165, 1.54) is 0 Å². The minimum Gasteiger partial charge on any atom is -0.322 e. The third-order valence-corrected chi connectivity index (χ3v) is 0.703. The fourth-order valence-electron chi connectivity index (χ4n) is 0.288. The largest absolute Gasteiger partial charge is 0.322 e. The molecular formula is C5H12N2. The van der Waals surface area contributed by atoms with Gasteiger partial charge in [0.1, 0.15) is 0 Å². The Balaban J connectivity index is 2.68. The summed E-state index contributed by atoms with van der Waals surface area (Å²) in [6, 6.07) is 0. The summed E-state index contributed by atoms with van der Waals surface area (Å²) < 4.78 is 0. The summed E-state index contributed by atoms with van der Waals surface area (Å²) in [6.07, 6.45) is 0.854. The average Bonchev–Trinajstić information content (AvgIpc) is 1.61. The third kappa shape index (κ3) is 5.92. The standard InChI is InChI=1S/C5H12N2/c1-7(2)5-3-4-6/h3,5-6H2,1-2H3. The first-order valence-corrected chi connectivity index (χ1v) is 2.35. The molecule has 0 rings (SSSR count). The molecule has 0 aromatic carbocycles. The van der Waals surface area contributed by atoms with Gasteiger partial charge in [-0.05, 0) is 27.1 Å². The van der Waals surface area contributed by atoms with Gasteiger partial charge in [0.05, 0.1) is 6.54 Å². The number of nitrogens with two attached hydrogens (primary N) is 1. The van der Waals surface area contributed by atoms with E-state index in [0.717, 1.165) is 13.0 Å². The monoisotopic (exact) mass is 100 g/mol. The maximum absolute atomic E-state index is 5.00. The van der Waals surface area contributed by atoms with E-state index in [-0.39, 0.29) is 0 Å². The molecule has 0 fully saturated rings. The van der Waals surface area contributed by atoms with Gasteiger partial charge in [0.25, 0.3) is 0 Å². The average molecular weight is 100 g/mol. The predicted molar refractivity (Wildman–Crippen MR) is 30.6 cm³/mol. The van der Waals surface area contributed by atoms with Gasteiger partial charge in [0, 0.05) is 0 Å². The minimum atomic E-state index is 0.854. The fourth-order valence-corrected chi connectivity index (χ4v) is 0.288. The lowest BCUT2D eigenvalue weighted by molar-refractivity contribution is 0.411. The van der Waals surface area contributed by atoms with Gasteiger partial charge < -0.3 is 10.6 Å². The van der Waals surface area contributed by atoms with Crippen LogP contribution in [0.1, 0.15) is 6.42 Å². The van der Waals surface area contributed by atoms with Crippen molar-refractivity contribution < 1.29 is 0 Å². The second-order valence-electron chi connectivity index (χ2n) is 1.76. The lowest BCUT2D eigenvalue weighted by atomic mass is 10.4. The maximum atomic E-state index is 5.00. The van der Waals surface area contributed by atoms with E-state index in [9.17, 15) is 0 Å². The molecule has 7 heavy (non-hydrogen) atoms. The highest BCUT2D eigenvalue weighted by Crippen LogP contribution is 1.80. The van der Waals surface area contributed by atoms with Crippen molar-refractivity contribution in [2.24, 2.45) is 5.73 Å². The van der Waals surface area contributed by atoms with Crippen LogP contribution in [0, 0.1) is 6.54 Å². The molecule has 0 heterocycles. The predicted octanol–water partition coefficient (Wildman–Crippen LogP) is -0.0644. The Kier molecular flexibility index (Phi) is 4.04. The zero-order chi connectivity index (χ0) is 5.70. The molecule has 0 bridgehead atoms. The molecule has 0 aromatic rings. The van der Waals surface area contributed by atoms with E-state index < -0.39 is 0 Å². The Morgan fingerprint density at radius 3 is 2.29 bits per heavy atom. The lowest BCUT2D eigenvalue weighted by Gasteiger charge is -2.05. The van der Waals surface area contributed by atoms with Crippen molar-refractivity contribution in [3.05, 3.63) is 6.54 Å².